The molecule has 1 N–H and O–H groups in total. The molecule has 0 saturated carbocycles. The van der Waals surface area contributed by atoms with E-state index in [0.717, 1.165) is 10.0 Å². The molecule has 0 unspecified atom stereocenters. The average molecular weight is 354 g/mol. The van der Waals surface area contributed by atoms with Crippen LogP contribution < -0.4 is 0 Å². The summed E-state index contributed by atoms with van der Waals surface area (Å²) >= 11 is 3.42. The van der Waals surface area contributed by atoms with Crippen molar-refractivity contribution in [2.24, 2.45) is 0 Å². The summed E-state index contributed by atoms with van der Waals surface area (Å²) in [7, 11) is 0. The van der Waals surface area contributed by atoms with Gasteiger partial charge in [0, 0.05) is 22.6 Å². The maximum atomic E-state index is 12.3. The second-order valence-electron chi connectivity index (χ2n) is 5.66. The molecule has 1 amide bonds. The standard InChI is InChI=1S/C16H20BrNO3/c1-16(2,3)18(11-10-15(20)21)14(19)9-8-12-6-4-5-7-13(12)17/h4-9H,10-11H2,1-3H3,(H,20,21)/b9-8+. The Kier molecular flexibility index (Phi) is 6.15. The molecule has 0 heterocycles. The van der Waals surface area contributed by atoms with Gasteiger partial charge in [-0.15, -0.1) is 0 Å². The molecule has 0 aliphatic rings. The summed E-state index contributed by atoms with van der Waals surface area (Å²) in [6, 6.07) is 7.58. The summed E-state index contributed by atoms with van der Waals surface area (Å²) < 4.78 is 0.905. The molecule has 5 heteroatoms. The zero-order chi connectivity index (χ0) is 16.0. The highest BCUT2D eigenvalue weighted by Crippen LogP contribution is 2.19. The third-order valence-corrected chi connectivity index (χ3v) is 3.66. The second kappa shape index (κ2) is 7.41. The Balaban J connectivity index is 2.86. The van der Waals surface area contributed by atoms with Crippen LogP contribution in [0.15, 0.2) is 34.8 Å². The number of benzene rings is 1. The summed E-state index contributed by atoms with van der Waals surface area (Å²) in [5.74, 6) is -1.11. The fourth-order valence-corrected chi connectivity index (χ4v) is 2.26. The number of carbonyl (C=O) groups excluding carboxylic acids is 1. The second-order valence-corrected chi connectivity index (χ2v) is 6.51. The first kappa shape index (κ1) is 17.4. The van der Waals surface area contributed by atoms with E-state index in [1.165, 1.54) is 6.08 Å². The lowest BCUT2D eigenvalue weighted by atomic mass is 10.1. The summed E-state index contributed by atoms with van der Waals surface area (Å²) in [5, 5.41) is 8.79. The van der Waals surface area contributed by atoms with Crippen molar-refractivity contribution in [3.63, 3.8) is 0 Å². The molecule has 0 aromatic heterocycles. The van der Waals surface area contributed by atoms with E-state index in [-0.39, 0.29) is 18.9 Å². The number of carboxylic acids is 1. The van der Waals surface area contributed by atoms with Crippen molar-refractivity contribution in [2.45, 2.75) is 32.7 Å². The first-order valence-corrected chi connectivity index (χ1v) is 7.47. The van der Waals surface area contributed by atoms with Crippen LogP contribution in [-0.4, -0.2) is 34.0 Å². The Labute approximate surface area is 133 Å². The van der Waals surface area contributed by atoms with Crippen molar-refractivity contribution in [3.05, 3.63) is 40.4 Å². The third-order valence-electron chi connectivity index (χ3n) is 2.94. The maximum Gasteiger partial charge on any atom is 0.305 e. The molecule has 114 valence electrons. The first-order chi connectivity index (χ1) is 9.71. The van der Waals surface area contributed by atoms with Crippen LogP contribution in [0, 0.1) is 0 Å². The van der Waals surface area contributed by atoms with Crippen molar-refractivity contribution in [1.29, 1.82) is 0 Å². The molecule has 1 aromatic carbocycles. The van der Waals surface area contributed by atoms with Gasteiger partial charge in [0.05, 0.1) is 6.42 Å². The molecule has 1 rings (SSSR count). The van der Waals surface area contributed by atoms with Gasteiger partial charge >= 0.3 is 5.97 Å². The Bertz CT molecular complexity index is 547. The Morgan fingerprint density at radius 2 is 1.90 bits per heavy atom. The highest BCUT2D eigenvalue weighted by atomic mass is 79.9. The summed E-state index contributed by atoms with van der Waals surface area (Å²) in [5.41, 5.74) is 0.475. The smallest absolute Gasteiger partial charge is 0.305 e. The maximum absolute atomic E-state index is 12.3. The van der Waals surface area contributed by atoms with Crippen molar-refractivity contribution >= 4 is 33.9 Å². The predicted molar refractivity (Wildman–Crippen MR) is 86.9 cm³/mol. The van der Waals surface area contributed by atoms with Gasteiger partial charge in [-0.3, -0.25) is 9.59 Å². The van der Waals surface area contributed by atoms with Crippen LogP contribution in [-0.2, 0) is 9.59 Å². The van der Waals surface area contributed by atoms with E-state index < -0.39 is 11.5 Å². The predicted octanol–water partition coefficient (Wildman–Crippen LogP) is 3.56. The van der Waals surface area contributed by atoms with E-state index in [1.54, 1.807) is 11.0 Å². The molecule has 0 spiro atoms. The number of hydrogen-bond acceptors (Lipinski definition) is 2. The van der Waals surface area contributed by atoms with E-state index in [4.69, 9.17) is 5.11 Å². The van der Waals surface area contributed by atoms with Gasteiger partial charge in [0.15, 0.2) is 0 Å². The SMILES string of the molecule is CC(C)(C)N(CCC(=O)O)C(=O)/C=C/c1ccccc1Br. The Morgan fingerprint density at radius 1 is 1.29 bits per heavy atom. The lowest BCUT2D eigenvalue weighted by Gasteiger charge is -2.34. The highest BCUT2D eigenvalue weighted by molar-refractivity contribution is 9.10. The van der Waals surface area contributed by atoms with Gasteiger partial charge in [0.1, 0.15) is 0 Å². The number of halogens is 1. The fraction of sp³-hybridized carbons (Fsp3) is 0.375. The monoisotopic (exact) mass is 353 g/mol. The minimum absolute atomic E-state index is 0.0636. The van der Waals surface area contributed by atoms with Crippen LogP contribution in [0.4, 0.5) is 0 Å². The molecule has 0 fully saturated rings. The van der Waals surface area contributed by atoms with Gasteiger partial charge < -0.3 is 10.0 Å². The van der Waals surface area contributed by atoms with Crippen LogP contribution in [0.25, 0.3) is 6.08 Å². The van der Waals surface area contributed by atoms with E-state index in [1.807, 2.05) is 45.0 Å². The molecular formula is C16H20BrNO3. The summed E-state index contributed by atoms with van der Waals surface area (Å²) in [6.07, 6.45) is 3.14. The number of hydrogen-bond donors (Lipinski definition) is 1. The van der Waals surface area contributed by atoms with Crippen LogP contribution in [0.5, 0.6) is 0 Å². The van der Waals surface area contributed by atoms with Crippen molar-refractivity contribution in [2.75, 3.05) is 6.54 Å². The molecule has 1 aromatic rings. The van der Waals surface area contributed by atoms with E-state index in [9.17, 15) is 9.59 Å². The lowest BCUT2D eigenvalue weighted by molar-refractivity contribution is -0.139. The van der Waals surface area contributed by atoms with Crippen LogP contribution >= 0.6 is 15.9 Å². The van der Waals surface area contributed by atoms with Gasteiger partial charge in [0.25, 0.3) is 0 Å². The third kappa shape index (κ3) is 5.71. The number of carbonyl (C=O) groups is 2. The number of nitrogens with zero attached hydrogens (tertiary/aromatic N) is 1. The normalized spacial score (nSPS) is 11.6. The summed E-state index contributed by atoms with van der Waals surface area (Å²) in [4.78, 5) is 24.6. The average Bonchev–Trinajstić information content (AvgIpc) is 2.36. The molecule has 21 heavy (non-hydrogen) atoms. The number of aliphatic carboxylic acids is 1. The first-order valence-electron chi connectivity index (χ1n) is 6.68. The zero-order valence-corrected chi connectivity index (χ0v) is 14.1. The minimum Gasteiger partial charge on any atom is -0.481 e. The quantitative estimate of drug-likeness (QED) is 0.823. The lowest BCUT2D eigenvalue weighted by Crippen LogP contribution is -2.45. The highest BCUT2D eigenvalue weighted by Gasteiger charge is 2.25. The zero-order valence-electron chi connectivity index (χ0n) is 12.5. The largest absolute Gasteiger partial charge is 0.481 e. The molecule has 4 nitrogen and oxygen atoms in total. The molecule has 0 aliphatic carbocycles. The van der Waals surface area contributed by atoms with Crippen LogP contribution in [0.2, 0.25) is 0 Å². The van der Waals surface area contributed by atoms with E-state index >= 15 is 0 Å². The molecular weight excluding hydrogens is 334 g/mol. The van der Waals surface area contributed by atoms with E-state index in [0.29, 0.717) is 0 Å². The number of amides is 1. The van der Waals surface area contributed by atoms with E-state index in [2.05, 4.69) is 15.9 Å². The number of rotatable bonds is 5. The van der Waals surface area contributed by atoms with Gasteiger partial charge in [0.2, 0.25) is 5.91 Å². The molecule has 0 atom stereocenters. The van der Waals surface area contributed by atoms with Gasteiger partial charge in [-0.25, -0.2) is 0 Å². The van der Waals surface area contributed by atoms with Gasteiger partial charge in [-0.2, -0.15) is 0 Å². The van der Waals surface area contributed by atoms with Crippen molar-refractivity contribution in [1.82, 2.24) is 4.90 Å². The molecule has 0 bridgehead atoms. The molecule has 0 saturated heterocycles. The van der Waals surface area contributed by atoms with Gasteiger partial charge in [-0.1, -0.05) is 34.1 Å². The van der Waals surface area contributed by atoms with Crippen LogP contribution in [0.3, 0.4) is 0 Å². The molecule has 0 radical (unpaired) electrons. The molecule has 0 aliphatic heterocycles. The van der Waals surface area contributed by atoms with Gasteiger partial charge in [-0.05, 0) is 38.5 Å². The minimum atomic E-state index is -0.910. The Hall–Kier alpha value is -1.62. The summed E-state index contributed by atoms with van der Waals surface area (Å²) in [6.45, 7) is 5.86. The Morgan fingerprint density at radius 3 is 2.43 bits per heavy atom. The fourth-order valence-electron chi connectivity index (χ4n) is 1.84. The van der Waals surface area contributed by atoms with Crippen LogP contribution in [0.1, 0.15) is 32.8 Å². The van der Waals surface area contributed by atoms with Crippen molar-refractivity contribution in [3.8, 4) is 0 Å². The number of carboxylic acid groups (broad SMARTS) is 1. The topological polar surface area (TPSA) is 57.6 Å². The van der Waals surface area contributed by atoms with Crippen molar-refractivity contribution < 1.29 is 14.7 Å².